The molecule has 0 bridgehead atoms. The summed E-state index contributed by atoms with van der Waals surface area (Å²) < 4.78 is 27.8. The van der Waals surface area contributed by atoms with Crippen LogP contribution in [0.25, 0.3) is 0 Å². The molecule has 1 aromatic rings. The van der Waals surface area contributed by atoms with E-state index < -0.39 is 10.0 Å². The Morgan fingerprint density at radius 2 is 2.16 bits per heavy atom. The minimum absolute atomic E-state index is 0. The lowest BCUT2D eigenvalue weighted by Gasteiger charge is -2.20. The molecule has 0 saturated heterocycles. The van der Waals surface area contributed by atoms with E-state index in [0.717, 1.165) is 36.3 Å². The second-order valence-electron chi connectivity index (χ2n) is 6.37. The van der Waals surface area contributed by atoms with Gasteiger partial charge in [-0.25, -0.2) is 13.1 Å². The van der Waals surface area contributed by atoms with Crippen LogP contribution in [0.5, 0.6) is 0 Å². The summed E-state index contributed by atoms with van der Waals surface area (Å²) in [6.07, 6.45) is 3.56. The number of hydrogen-bond acceptors (Lipinski definition) is 4. The number of nitrogens with one attached hydrogen (secondary N) is 2. The fourth-order valence-electron chi connectivity index (χ4n) is 3.36. The number of anilines is 1. The summed E-state index contributed by atoms with van der Waals surface area (Å²) in [6, 6.07) is 5.06. The highest BCUT2D eigenvalue weighted by atomic mass is 35.5. The maximum absolute atomic E-state index is 12.5. The van der Waals surface area contributed by atoms with Gasteiger partial charge in [-0.1, -0.05) is 11.6 Å². The number of amides is 1. The maximum Gasteiger partial charge on any atom is 0.240 e. The Hall–Kier alpha value is -1.41. The first-order valence-electron chi connectivity index (χ1n) is 8.19. The number of nitrogens with zero attached hydrogens (tertiary/aromatic N) is 1. The third kappa shape index (κ3) is 4.23. The highest BCUT2D eigenvalue weighted by molar-refractivity contribution is 7.89. The van der Waals surface area contributed by atoms with Crippen molar-refractivity contribution in [2.75, 3.05) is 24.5 Å². The first kappa shape index (κ1) is 19.9. The van der Waals surface area contributed by atoms with Crippen LogP contribution in [0.3, 0.4) is 0 Å². The lowest BCUT2D eigenvalue weighted by atomic mass is 10.1. The van der Waals surface area contributed by atoms with Gasteiger partial charge in [0, 0.05) is 31.7 Å². The van der Waals surface area contributed by atoms with Gasteiger partial charge in [0.25, 0.3) is 0 Å². The highest BCUT2D eigenvalue weighted by Gasteiger charge is 2.30. The molecule has 2 aliphatic rings. The van der Waals surface area contributed by atoms with E-state index in [2.05, 4.69) is 10.0 Å². The van der Waals surface area contributed by atoms with Crippen molar-refractivity contribution in [3.63, 3.8) is 0 Å². The Kier molecular flexibility index (Phi) is 6.26. The molecule has 138 valence electrons. The molecule has 3 rings (SSSR count). The number of hydrogen-bond donors (Lipinski definition) is 2. The molecule has 1 aromatic carbocycles. The molecule has 2 heterocycles. The molecule has 25 heavy (non-hydrogen) atoms. The van der Waals surface area contributed by atoms with E-state index in [9.17, 15) is 13.2 Å². The van der Waals surface area contributed by atoms with Crippen LogP contribution in [0.1, 0.15) is 25.8 Å². The summed E-state index contributed by atoms with van der Waals surface area (Å²) >= 11 is 0. The quantitative estimate of drug-likeness (QED) is 0.772. The van der Waals surface area contributed by atoms with Gasteiger partial charge >= 0.3 is 0 Å². The lowest BCUT2D eigenvalue weighted by molar-refractivity contribution is -0.116. The third-order valence-corrected chi connectivity index (χ3v) is 5.96. The topological polar surface area (TPSA) is 78.5 Å². The van der Waals surface area contributed by atoms with Crippen LogP contribution in [0.2, 0.25) is 0 Å². The van der Waals surface area contributed by atoms with E-state index >= 15 is 0 Å². The maximum atomic E-state index is 12.5. The minimum Gasteiger partial charge on any atom is -0.313 e. The summed E-state index contributed by atoms with van der Waals surface area (Å²) in [7, 11) is -3.55. The van der Waals surface area contributed by atoms with Gasteiger partial charge in [-0.15, -0.1) is 12.4 Å². The van der Waals surface area contributed by atoms with Crippen LogP contribution in [-0.2, 0) is 21.2 Å². The van der Waals surface area contributed by atoms with Gasteiger partial charge in [-0.2, -0.15) is 0 Å². The van der Waals surface area contributed by atoms with Crippen molar-refractivity contribution >= 4 is 34.0 Å². The normalized spacial score (nSPS) is 19.8. The van der Waals surface area contributed by atoms with Gasteiger partial charge in [0.1, 0.15) is 0 Å². The van der Waals surface area contributed by atoms with Gasteiger partial charge in [0.2, 0.25) is 15.9 Å². The number of halogens is 1. The molecule has 1 amide bonds. The lowest BCUT2D eigenvalue weighted by Crippen LogP contribution is -2.33. The van der Waals surface area contributed by atoms with Crippen LogP contribution in [-0.4, -0.2) is 40.0 Å². The van der Waals surface area contributed by atoms with Crippen molar-refractivity contribution in [3.8, 4) is 0 Å². The van der Waals surface area contributed by atoms with Crippen LogP contribution in [0.15, 0.2) is 34.7 Å². The van der Waals surface area contributed by atoms with E-state index in [1.54, 1.807) is 23.1 Å². The fourth-order valence-corrected chi connectivity index (χ4v) is 4.44. The summed E-state index contributed by atoms with van der Waals surface area (Å²) in [6.45, 7) is 5.51. The molecule has 0 fully saturated rings. The number of benzene rings is 1. The Morgan fingerprint density at radius 1 is 1.40 bits per heavy atom. The van der Waals surface area contributed by atoms with Crippen LogP contribution in [0, 0.1) is 0 Å². The number of fused-ring (bicyclic) bond motifs is 1. The van der Waals surface area contributed by atoms with Gasteiger partial charge < -0.3 is 10.2 Å². The molecule has 1 atom stereocenters. The van der Waals surface area contributed by atoms with E-state index in [4.69, 9.17) is 0 Å². The summed E-state index contributed by atoms with van der Waals surface area (Å²) in [5.41, 5.74) is 2.83. The van der Waals surface area contributed by atoms with Crippen molar-refractivity contribution < 1.29 is 13.2 Å². The van der Waals surface area contributed by atoms with E-state index in [1.165, 1.54) is 6.92 Å². The third-order valence-electron chi connectivity index (χ3n) is 4.56. The molecule has 8 heteroatoms. The van der Waals surface area contributed by atoms with E-state index in [0.29, 0.717) is 13.0 Å². The molecule has 0 saturated carbocycles. The van der Waals surface area contributed by atoms with E-state index in [-0.39, 0.29) is 29.3 Å². The molecule has 2 aliphatic heterocycles. The fraction of sp³-hybridized carbons (Fsp3) is 0.471. The molecule has 2 N–H and O–H groups in total. The Balaban J connectivity index is 0.00000225. The first-order chi connectivity index (χ1) is 11.4. The molecular formula is C17H24ClN3O3S. The largest absolute Gasteiger partial charge is 0.313 e. The average molecular weight is 386 g/mol. The average Bonchev–Trinajstić information content (AvgIpc) is 2.89. The van der Waals surface area contributed by atoms with Crippen molar-refractivity contribution in [3.05, 3.63) is 35.4 Å². The summed E-state index contributed by atoms with van der Waals surface area (Å²) in [5.74, 6) is -0.0205. The van der Waals surface area contributed by atoms with Crippen LogP contribution >= 0.6 is 12.4 Å². The van der Waals surface area contributed by atoms with E-state index in [1.807, 2.05) is 13.0 Å². The van der Waals surface area contributed by atoms with Crippen LogP contribution in [0.4, 0.5) is 5.69 Å². The van der Waals surface area contributed by atoms with Crippen molar-refractivity contribution in [2.45, 2.75) is 37.6 Å². The predicted octanol–water partition coefficient (Wildman–Crippen LogP) is 1.60. The zero-order valence-electron chi connectivity index (χ0n) is 14.4. The number of sulfonamides is 1. The summed E-state index contributed by atoms with van der Waals surface area (Å²) in [5, 5.41) is 3.20. The number of carbonyl (C=O) groups excluding carboxylic acids is 1. The highest BCUT2D eigenvalue weighted by Crippen LogP contribution is 2.33. The zero-order chi connectivity index (χ0) is 17.3. The molecular weight excluding hydrogens is 362 g/mol. The predicted molar refractivity (Wildman–Crippen MR) is 101 cm³/mol. The molecule has 1 unspecified atom stereocenters. The Morgan fingerprint density at radius 3 is 2.80 bits per heavy atom. The number of rotatable bonds is 4. The molecule has 6 nitrogen and oxygen atoms in total. The first-order valence-corrected chi connectivity index (χ1v) is 9.68. The molecule has 0 spiro atoms. The monoisotopic (exact) mass is 385 g/mol. The minimum atomic E-state index is -3.55. The van der Waals surface area contributed by atoms with Crippen molar-refractivity contribution in [1.82, 2.24) is 10.0 Å². The van der Waals surface area contributed by atoms with Crippen molar-refractivity contribution in [2.24, 2.45) is 0 Å². The Bertz CT molecular complexity index is 792. The number of carbonyl (C=O) groups is 1. The van der Waals surface area contributed by atoms with Gasteiger partial charge in [-0.3, -0.25) is 4.79 Å². The summed E-state index contributed by atoms with van der Waals surface area (Å²) in [4.78, 5) is 13.7. The second kappa shape index (κ2) is 7.86. The van der Waals surface area contributed by atoms with Gasteiger partial charge in [0.05, 0.1) is 4.90 Å². The second-order valence-corrected chi connectivity index (χ2v) is 8.14. The molecule has 0 aromatic heterocycles. The zero-order valence-corrected chi connectivity index (χ0v) is 16.0. The Labute approximate surface area is 155 Å². The van der Waals surface area contributed by atoms with Crippen molar-refractivity contribution in [1.29, 1.82) is 0 Å². The smallest absolute Gasteiger partial charge is 0.240 e. The standard InChI is InChI=1S/C17H23N3O3S.ClH/c1-12-9-15-10-16(3-4-17(15)20(12)13(2)21)24(22,23)19-11-14-5-7-18-8-6-14;/h3-5,10,12,18-19H,6-9,11H2,1-2H3;1H. The van der Waals surface area contributed by atoms with Gasteiger partial charge in [0.15, 0.2) is 0 Å². The molecule has 0 aliphatic carbocycles. The van der Waals surface area contributed by atoms with Gasteiger partial charge in [-0.05, 0) is 50.1 Å². The van der Waals surface area contributed by atoms with Crippen LogP contribution < -0.4 is 14.9 Å². The SMILES string of the molecule is CC(=O)N1c2ccc(S(=O)(=O)NCC3=CCNCC3)cc2CC1C.Cl. The molecule has 0 radical (unpaired) electrons.